The van der Waals surface area contributed by atoms with Gasteiger partial charge in [0, 0.05) is 67.2 Å². The van der Waals surface area contributed by atoms with Gasteiger partial charge in [-0.3, -0.25) is 9.88 Å². The maximum absolute atomic E-state index is 4.77. The van der Waals surface area contributed by atoms with Gasteiger partial charge in [-0.05, 0) is 37.6 Å². The molecule has 5 nitrogen and oxygen atoms in total. The van der Waals surface area contributed by atoms with E-state index in [9.17, 15) is 0 Å². The summed E-state index contributed by atoms with van der Waals surface area (Å²) in [5, 5.41) is 0. The Kier molecular flexibility index (Phi) is 3.86. The third kappa shape index (κ3) is 2.95. The summed E-state index contributed by atoms with van der Waals surface area (Å²) in [6.07, 6.45) is 6.51. The molecule has 0 aromatic carbocycles. The second kappa shape index (κ2) is 6.17. The van der Waals surface area contributed by atoms with Gasteiger partial charge in [0.25, 0.3) is 0 Å². The highest BCUT2D eigenvalue weighted by Gasteiger charge is 2.19. The van der Waals surface area contributed by atoms with Gasteiger partial charge in [0.2, 0.25) is 0 Å². The highest BCUT2D eigenvalue weighted by Crippen LogP contribution is 2.22. The molecule has 0 fully saturated rings. The number of pyridine rings is 1. The normalized spacial score (nSPS) is 14.6. The Labute approximate surface area is 141 Å². The molecule has 0 unspecified atom stereocenters. The first-order chi connectivity index (χ1) is 11.7. The monoisotopic (exact) mass is 319 g/mol. The molecule has 1 aliphatic rings. The quantitative estimate of drug-likeness (QED) is 0.806. The van der Waals surface area contributed by atoms with Crippen LogP contribution < -0.4 is 0 Å². The zero-order valence-electron chi connectivity index (χ0n) is 14.1. The van der Waals surface area contributed by atoms with E-state index in [0.29, 0.717) is 0 Å². The number of aryl methyl sites for hydroxylation is 2. The third-order valence-electron chi connectivity index (χ3n) is 4.60. The maximum Gasteiger partial charge on any atom is 0.159 e. The average molecular weight is 319 g/mol. The first-order valence-electron chi connectivity index (χ1n) is 8.31. The van der Waals surface area contributed by atoms with Crippen LogP contribution in [0.3, 0.4) is 0 Å². The fourth-order valence-electron chi connectivity index (χ4n) is 3.34. The third-order valence-corrected chi connectivity index (χ3v) is 4.60. The van der Waals surface area contributed by atoms with Crippen molar-refractivity contribution in [3.05, 3.63) is 65.0 Å². The Morgan fingerprint density at radius 2 is 2.04 bits per heavy atom. The van der Waals surface area contributed by atoms with Crippen LogP contribution in [0.5, 0.6) is 0 Å². The van der Waals surface area contributed by atoms with Crippen LogP contribution >= 0.6 is 0 Å². The molecule has 4 rings (SSSR count). The predicted molar refractivity (Wildman–Crippen MR) is 93.3 cm³/mol. The number of hydrogen-bond donors (Lipinski definition) is 1. The molecule has 0 spiro atoms. The molecule has 0 amide bonds. The molecule has 0 bridgehead atoms. The summed E-state index contributed by atoms with van der Waals surface area (Å²) in [6.45, 7) is 7.17. The Balaban J connectivity index is 1.53. The summed E-state index contributed by atoms with van der Waals surface area (Å²) >= 11 is 0. The van der Waals surface area contributed by atoms with Crippen LogP contribution in [0.25, 0.3) is 11.4 Å². The fourth-order valence-corrected chi connectivity index (χ4v) is 3.34. The molecule has 1 aliphatic heterocycles. The van der Waals surface area contributed by atoms with Crippen molar-refractivity contribution in [2.24, 2.45) is 0 Å². The van der Waals surface area contributed by atoms with Crippen LogP contribution in [0.2, 0.25) is 0 Å². The van der Waals surface area contributed by atoms with E-state index in [1.807, 2.05) is 18.3 Å². The topological polar surface area (TPSA) is 57.7 Å². The largest absolute Gasteiger partial charge is 0.362 e. The predicted octanol–water partition coefficient (Wildman–Crippen LogP) is 3.04. The summed E-state index contributed by atoms with van der Waals surface area (Å²) in [7, 11) is 0. The lowest BCUT2D eigenvalue weighted by molar-refractivity contribution is 0.242. The zero-order valence-corrected chi connectivity index (χ0v) is 14.1. The van der Waals surface area contributed by atoms with E-state index in [-0.39, 0.29) is 0 Å². The standard InChI is InChI=1S/C19H21N5/c1-13-9-16(14(2)22-13)11-24-8-5-18-17(12-24)10-21-19(23-18)15-3-6-20-7-4-15/h3-4,6-7,9-10,22H,5,8,11-12H2,1-2H3. The van der Waals surface area contributed by atoms with Crippen molar-refractivity contribution in [1.29, 1.82) is 0 Å². The van der Waals surface area contributed by atoms with E-state index < -0.39 is 0 Å². The lowest BCUT2D eigenvalue weighted by atomic mass is 10.1. The fraction of sp³-hybridized carbons (Fsp3) is 0.316. The second-order valence-corrected chi connectivity index (χ2v) is 6.46. The van der Waals surface area contributed by atoms with Gasteiger partial charge in [-0.25, -0.2) is 9.97 Å². The van der Waals surface area contributed by atoms with Crippen LogP contribution in [0.4, 0.5) is 0 Å². The number of aromatic nitrogens is 4. The van der Waals surface area contributed by atoms with Gasteiger partial charge in [0.15, 0.2) is 5.82 Å². The van der Waals surface area contributed by atoms with E-state index in [2.05, 4.69) is 39.8 Å². The van der Waals surface area contributed by atoms with Crippen molar-refractivity contribution in [2.75, 3.05) is 6.54 Å². The molecule has 0 radical (unpaired) electrons. The molecule has 1 N–H and O–H groups in total. The smallest absolute Gasteiger partial charge is 0.159 e. The van der Waals surface area contributed by atoms with Gasteiger partial charge in [0.1, 0.15) is 0 Å². The van der Waals surface area contributed by atoms with Crippen molar-refractivity contribution in [1.82, 2.24) is 24.8 Å². The van der Waals surface area contributed by atoms with Crippen LogP contribution in [0.15, 0.2) is 36.8 Å². The van der Waals surface area contributed by atoms with Crippen LogP contribution in [-0.2, 0) is 19.5 Å². The molecule has 0 saturated carbocycles. The number of nitrogens with zero attached hydrogens (tertiary/aromatic N) is 4. The van der Waals surface area contributed by atoms with Crippen molar-refractivity contribution >= 4 is 0 Å². The molecule has 0 aliphatic carbocycles. The zero-order chi connectivity index (χ0) is 16.5. The minimum atomic E-state index is 0.793. The summed E-state index contributed by atoms with van der Waals surface area (Å²) < 4.78 is 0. The Morgan fingerprint density at radius 3 is 2.79 bits per heavy atom. The molecule has 3 aromatic heterocycles. The Bertz CT molecular complexity index is 853. The van der Waals surface area contributed by atoms with E-state index in [4.69, 9.17) is 4.98 Å². The van der Waals surface area contributed by atoms with Crippen LogP contribution in [-0.4, -0.2) is 31.4 Å². The molecule has 3 aromatic rings. The van der Waals surface area contributed by atoms with Gasteiger partial charge >= 0.3 is 0 Å². The van der Waals surface area contributed by atoms with Gasteiger partial charge in [0.05, 0.1) is 5.69 Å². The SMILES string of the molecule is Cc1cc(CN2CCc3nc(-c4ccncc4)ncc3C2)c(C)[nH]1. The second-order valence-electron chi connectivity index (χ2n) is 6.46. The van der Waals surface area contributed by atoms with E-state index >= 15 is 0 Å². The molecular formula is C19H21N5. The number of aromatic amines is 1. The molecule has 122 valence electrons. The molecular weight excluding hydrogens is 298 g/mol. The molecule has 0 atom stereocenters. The van der Waals surface area contributed by atoms with Crippen molar-refractivity contribution in [2.45, 2.75) is 33.4 Å². The van der Waals surface area contributed by atoms with E-state index in [1.165, 1.54) is 28.2 Å². The van der Waals surface area contributed by atoms with Crippen molar-refractivity contribution < 1.29 is 0 Å². The highest BCUT2D eigenvalue weighted by molar-refractivity contribution is 5.54. The molecule has 5 heteroatoms. The van der Waals surface area contributed by atoms with Crippen LogP contribution in [0.1, 0.15) is 28.2 Å². The van der Waals surface area contributed by atoms with E-state index in [0.717, 1.165) is 37.4 Å². The molecule has 24 heavy (non-hydrogen) atoms. The summed E-state index contributed by atoms with van der Waals surface area (Å²) in [5.41, 5.74) is 7.31. The average Bonchev–Trinajstić information content (AvgIpc) is 2.92. The lowest BCUT2D eigenvalue weighted by Gasteiger charge is -2.28. The summed E-state index contributed by atoms with van der Waals surface area (Å²) in [6, 6.07) is 6.15. The minimum Gasteiger partial charge on any atom is -0.362 e. The first kappa shape index (κ1) is 15.0. The Hall–Kier alpha value is -2.53. The van der Waals surface area contributed by atoms with E-state index in [1.54, 1.807) is 12.4 Å². The van der Waals surface area contributed by atoms with Crippen LogP contribution in [0, 0.1) is 13.8 Å². The van der Waals surface area contributed by atoms with Gasteiger partial charge in [-0.1, -0.05) is 0 Å². The number of fused-ring (bicyclic) bond motifs is 1. The Morgan fingerprint density at radius 1 is 1.21 bits per heavy atom. The van der Waals surface area contributed by atoms with Gasteiger partial charge < -0.3 is 4.98 Å². The van der Waals surface area contributed by atoms with Gasteiger partial charge in [-0.2, -0.15) is 0 Å². The van der Waals surface area contributed by atoms with Crippen molar-refractivity contribution in [3.63, 3.8) is 0 Å². The maximum atomic E-state index is 4.77. The number of hydrogen-bond acceptors (Lipinski definition) is 4. The number of nitrogens with one attached hydrogen (secondary N) is 1. The molecule has 0 saturated heterocycles. The summed E-state index contributed by atoms with van der Waals surface area (Å²) in [5.74, 6) is 0.793. The summed E-state index contributed by atoms with van der Waals surface area (Å²) in [4.78, 5) is 19.2. The lowest BCUT2D eigenvalue weighted by Crippen LogP contribution is -2.31. The number of H-pyrrole nitrogens is 1. The van der Waals surface area contributed by atoms with Gasteiger partial charge in [-0.15, -0.1) is 0 Å². The first-order valence-corrected chi connectivity index (χ1v) is 8.31. The number of rotatable bonds is 3. The molecule has 4 heterocycles. The highest BCUT2D eigenvalue weighted by atomic mass is 15.1. The minimum absolute atomic E-state index is 0.793. The van der Waals surface area contributed by atoms with Crippen molar-refractivity contribution in [3.8, 4) is 11.4 Å².